The minimum absolute atomic E-state index is 0.0830. The monoisotopic (exact) mass is 410 g/mol. The maximum Gasteiger partial charge on any atom is 0.233 e. The zero-order valence-corrected chi connectivity index (χ0v) is 17.2. The first-order chi connectivity index (χ1) is 14.1. The summed E-state index contributed by atoms with van der Waals surface area (Å²) in [5.41, 5.74) is 3.14. The third kappa shape index (κ3) is 4.21. The molecule has 3 aromatic rings. The van der Waals surface area contributed by atoms with Gasteiger partial charge in [-0.25, -0.2) is 9.97 Å². The molecular weight excluding hydrogens is 388 g/mol. The van der Waals surface area contributed by atoms with Crippen LogP contribution in [0.2, 0.25) is 0 Å². The topological polar surface area (TPSA) is 92.9 Å². The second-order valence-corrected chi connectivity index (χ2v) is 7.76. The molecule has 29 heavy (non-hydrogen) atoms. The van der Waals surface area contributed by atoms with Crippen molar-refractivity contribution in [2.75, 3.05) is 36.8 Å². The maximum absolute atomic E-state index is 12.7. The van der Waals surface area contributed by atoms with E-state index in [0.29, 0.717) is 29.9 Å². The largest absolute Gasteiger partial charge is 0.338 e. The van der Waals surface area contributed by atoms with Crippen LogP contribution in [0.5, 0.6) is 0 Å². The van der Waals surface area contributed by atoms with Crippen LogP contribution in [0.4, 0.5) is 5.95 Å². The maximum atomic E-state index is 12.7. The van der Waals surface area contributed by atoms with Gasteiger partial charge < -0.3 is 9.80 Å². The summed E-state index contributed by atoms with van der Waals surface area (Å²) >= 11 is 1.36. The summed E-state index contributed by atoms with van der Waals surface area (Å²) in [6.45, 7) is 6.80. The molecule has 1 aromatic carbocycles. The van der Waals surface area contributed by atoms with Gasteiger partial charge in [0.25, 0.3) is 0 Å². The Balaban J connectivity index is 1.36. The van der Waals surface area contributed by atoms with Gasteiger partial charge in [-0.15, -0.1) is 5.10 Å². The summed E-state index contributed by atoms with van der Waals surface area (Å²) < 4.78 is 1.72. The quantitative estimate of drug-likeness (QED) is 0.585. The molecule has 1 aliphatic heterocycles. The normalized spacial score (nSPS) is 14.3. The number of amides is 1. The van der Waals surface area contributed by atoms with Gasteiger partial charge in [0.2, 0.25) is 17.0 Å². The number of hydrogen-bond acceptors (Lipinski definition) is 8. The molecule has 0 aliphatic carbocycles. The molecule has 0 radical (unpaired) electrons. The van der Waals surface area contributed by atoms with Gasteiger partial charge in [-0.05, 0) is 41.5 Å². The molecule has 4 rings (SSSR count). The van der Waals surface area contributed by atoms with Gasteiger partial charge in [-0.1, -0.05) is 30.0 Å². The van der Waals surface area contributed by atoms with Crippen molar-refractivity contribution in [3.8, 4) is 5.69 Å². The second-order valence-electron chi connectivity index (χ2n) is 6.82. The first-order valence-electron chi connectivity index (χ1n) is 9.41. The Morgan fingerprint density at radius 2 is 1.72 bits per heavy atom. The number of carbonyl (C=O) groups is 1. The number of anilines is 1. The van der Waals surface area contributed by atoms with E-state index in [1.54, 1.807) is 23.1 Å². The Morgan fingerprint density at radius 3 is 2.41 bits per heavy atom. The molecule has 150 valence electrons. The molecule has 0 saturated carbocycles. The van der Waals surface area contributed by atoms with E-state index in [9.17, 15) is 4.79 Å². The van der Waals surface area contributed by atoms with Gasteiger partial charge in [-0.2, -0.15) is 4.68 Å². The van der Waals surface area contributed by atoms with Crippen LogP contribution >= 0.6 is 11.8 Å². The smallest absolute Gasteiger partial charge is 0.233 e. The van der Waals surface area contributed by atoms with E-state index in [1.165, 1.54) is 11.8 Å². The third-order valence-electron chi connectivity index (χ3n) is 4.88. The van der Waals surface area contributed by atoms with Gasteiger partial charge in [0, 0.05) is 38.6 Å². The second kappa shape index (κ2) is 8.56. The highest BCUT2D eigenvalue weighted by Gasteiger charge is 2.23. The molecule has 1 amide bonds. The lowest BCUT2D eigenvalue weighted by atomic mass is 10.1. The zero-order chi connectivity index (χ0) is 20.2. The number of hydrogen-bond donors (Lipinski definition) is 0. The van der Waals surface area contributed by atoms with Gasteiger partial charge in [0.05, 0.1) is 11.4 Å². The number of benzene rings is 1. The third-order valence-corrected chi connectivity index (χ3v) is 5.79. The summed E-state index contributed by atoms with van der Waals surface area (Å²) in [7, 11) is 0. The molecule has 3 heterocycles. The number of aryl methyl sites for hydroxylation is 2. The van der Waals surface area contributed by atoms with E-state index >= 15 is 0 Å². The number of aromatic nitrogens is 6. The summed E-state index contributed by atoms with van der Waals surface area (Å²) in [5.74, 6) is 1.09. The van der Waals surface area contributed by atoms with Crippen molar-refractivity contribution in [1.29, 1.82) is 0 Å². The van der Waals surface area contributed by atoms with E-state index in [1.807, 2.05) is 36.9 Å². The predicted octanol–water partition coefficient (Wildman–Crippen LogP) is 1.51. The molecule has 2 aromatic heterocycles. The van der Waals surface area contributed by atoms with Crippen LogP contribution in [-0.4, -0.2) is 72.9 Å². The van der Waals surface area contributed by atoms with E-state index in [4.69, 9.17) is 0 Å². The highest BCUT2D eigenvalue weighted by Crippen LogP contribution is 2.23. The molecular formula is C19H22N8OS. The van der Waals surface area contributed by atoms with Crippen molar-refractivity contribution in [2.45, 2.75) is 19.0 Å². The molecule has 1 aliphatic rings. The lowest BCUT2D eigenvalue weighted by Crippen LogP contribution is -2.49. The lowest BCUT2D eigenvalue weighted by Gasteiger charge is -2.34. The number of para-hydroxylation sites is 1. The molecule has 0 spiro atoms. The van der Waals surface area contributed by atoms with Crippen LogP contribution in [0.25, 0.3) is 5.69 Å². The van der Waals surface area contributed by atoms with E-state index in [0.717, 1.165) is 29.9 Å². The number of rotatable bonds is 5. The SMILES string of the molecule is Cc1cccc(C)c1-n1nnnc1SCC(=O)N1CCN(c2ncccn2)CC1. The van der Waals surface area contributed by atoms with Gasteiger partial charge in [-0.3, -0.25) is 4.79 Å². The van der Waals surface area contributed by atoms with Crippen LogP contribution in [0.15, 0.2) is 41.8 Å². The Morgan fingerprint density at radius 1 is 1.03 bits per heavy atom. The Hall–Kier alpha value is -3.01. The Kier molecular flexibility index (Phi) is 5.70. The van der Waals surface area contributed by atoms with Gasteiger partial charge in [0.1, 0.15) is 0 Å². The van der Waals surface area contributed by atoms with Gasteiger partial charge in [0.15, 0.2) is 0 Å². The lowest BCUT2D eigenvalue weighted by molar-refractivity contribution is -0.128. The van der Waals surface area contributed by atoms with Crippen LogP contribution in [0.1, 0.15) is 11.1 Å². The number of thioether (sulfide) groups is 1. The molecule has 0 bridgehead atoms. The summed E-state index contributed by atoms with van der Waals surface area (Å²) in [4.78, 5) is 25.2. The first kappa shape index (κ1) is 19.3. The average Bonchev–Trinajstić information content (AvgIpc) is 3.21. The van der Waals surface area contributed by atoms with Crippen molar-refractivity contribution in [1.82, 2.24) is 35.1 Å². The standard InChI is InChI=1S/C19H22N8OS/c1-14-5-3-6-15(2)17(14)27-19(22-23-24-27)29-13-16(28)25-9-11-26(12-10-25)18-20-7-4-8-21-18/h3-8H,9-13H2,1-2H3. The van der Waals surface area contributed by atoms with E-state index < -0.39 is 0 Å². The first-order valence-corrected chi connectivity index (χ1v) is 10.4. The molecule has 0 atom stereocenters. The highest BCUT2D eigenvalue weighted by molar-refractivity contribution is 7.99. The molecule has 9 nitrogen and oxygen atoms in total. The fourth-order valence-corrected chi connectivity index (χ4v) is 4.16. The summed E-state index contributed by atoms with van der Waals surface area (Å²) in [6, 6.07) is 7.86. The van der Waals surface area contributed by atoms with Crippen molar-refractivity contribution in [3.63, 3.8) is 0 Å². The van der Waals surface area contributed by atoms with Crippen molar-refractivity contribution in [3.05, 3.63) is 47.8 Å². The molecule has 0 N–H and O–H groups in total. The highest BCUT2D eigenvalue weighted by atomic mass is 32.2. The number of piperazine rings is 1. The van der Waals surface area contributed by atoms with E-state index in [-0.39, 0.29) is 5.91 Å². The molecule has 1 fully saturated rings. The van der Waals surface area contributed by atoms with E-state index in [2.05, 4.69) is 30.4 Å². The predicted molar refractivity (Wildman–Crippen MR) is 110 cm³/mol. The Bertz CT molecular complexity index is 965. The molecule has 10 heteroatoms. The van der Waals surface area contributed by atoms with Crippen molar-refractivity contribution >= 4 is 23.6 Å². The number of nitrogens with zero attached hydrogens (tertiary/aromatic N) is 8. The fourth-order valence-electron chi connectivity index (χ4n) is 3.38. The van der Waals surface area contributed by atoms with Crippen LogP contribution in [0.3, 0.4) is 0 Å². The van der Waals surface area contributed by atoms with Crippen LogP contribution in [-0.2, 0) is 4.79 Å². The Labute approximate surface area is 173 Å². The van der Waals surface area contributed by atoms with Crippen LogP contribution < -0.4 is 4.90 Å². The number of tetrazole rings is 1. The summed E-state index contributed by atoms with van der Waals surface area (Å²) in [5, 5.41) is 12.7. The molecule has 1 saturated heterocycles. The zero-order valence-electron chi connectivity index (χ0n) is 16.4. The molecule has 0 unspecified atom stereocenters. The average molecular weight is 411 g/mol. The number of carbonyl (C=O) groups excluding carboxylic acids is 1. The minimum Gasteiger partial charge on any atom is -0.338 e. The summed E-state index contributed by atoms with van der Waals surface area (Å²) in [6.07, 6.45) is 3.47. The van der Waals surface area contributed by atoms with Crippen molar-refractivity contribution < 1.29 is 4.79 Å². The van der Waals surface area contributed by atoms with Gasteiger partial charge >= 0.3 is 0 Å². The van der Waals surface area contributed by atoms with Crippen LogP contribution in [0, 0.1) is 13.8 Å². The minimum atomic E-state index is 0.0830. The fraction of sp³-hybridized carbons (Fsp3) is 0.368. The van der Waals surface area contributed by atoms with Crippen molar-refractivity contribution in [2.24, 2.45) is 0 Å².